The van der Waals surface area contributed by atoms with Crippen molar-refractivity contribution in [2.24, 2.45) is 0 Å². The number of hydrogen-bond acceptors (Lipinski definition) is 4. The quantitative estimate of drug-likeness (QED) is 0.633. The van der Waals surface area contributed by atoms with Gasteiger partial charge >= 0.3 is 6.18 Å². The highest BCUT2D eigenvalue weighted by molar-refractivity contribution is 5.98. The number of halogens is 4. The number of rotatable bonds is 1. The second-order valence-corrected chi connectivity index (χ2v) is 5.86. The first-order valence-electron chi connectivity index (χ1n) is 7.43. The van der Waals surface area contributed by atoms with Crippen molar-refractivity contribution in [2.45, 2.75) is 24.9 Å². The maximum absolute atomic E-state index is 13.1. The van der Waals surface area contributed by atoms with Gasteiger partial charge in [0, 0.05) is 12.6 Å². The van der Waals surface area contributed by atoms with Crippen LogP contribution in [0.1, 0.15) is 39.8 Å². The molecule has 1 aliphatic rings. The fourth-order valence-electron chi connectivity index (χ4n) is 2.97. The van der Waals surface area contributed by atoms with Gasteiger partial charge in [0.2, 0.25) is 0 Å². The minimum absolute atomic E-state index is 0.173. The second-order valence-electron chi connectivity index (χ2n) is 5.86. The Morgan fingerprint density at radius 1 is 1.08 bits per heavy atom. The third-order valence-corrected chi connectivity index (χ3v) is 4.18. The molecule has 0 bridgehead atoms. The van der Waals surface area contributed by atoms with Crippen molar-refractivity contribution in [2.75, 3.05) is 0 Å². The molecule has 128 valence electrons. The molecule has 0 unspecified atom stereocenters. The standard InChI is InChI=1S/C16H10F4N4O/c17-10-3-1-8(2-4-10)9-5-12-11(13(25)6-9)7-24-15(21-12)22-14(23-24)16(18,19)20/h1-4,7,9H,5-6H2/t9-/m0/s1. The van der Waals surface area contributed by atoms with Gasteiger partial charge in [-0.15, -0.1) is 5.10 Å². The lowest BCUT2D eigenvalue weighted by Gasteiger charge is -2.23. The van der Waals surface area contributed by atoms with E-state index >= 15 is 0 Å². The first kappa shape index (κ1) is 15.7. The summed E-state index contributed by atoms with van der Waals surface area (Å²) in [7, 11) is 0. The van der Waals surface area contributed by atoms with E-state index in [4.69, 9.17) is 0 Å². The molecule has 25 heavy (non-hydrogen) atoms. The van der Waals surface area contributed by atoms with E-state index in [0.717, 1.165) is 10.1 Å². The van der Waals surface area contributed by atoms with E-state index in [2.05, 4.69) is 15.1 Å². The molecule has 0 saturated heterocycles. The number of ketones is 1. The fraction of sp³-hybridized carbons (Fsp3) is 0.250. The minimum atomic E-state index is -4.69. The molecule has 2 aromatic heterocycles. The fourth-order valence-corrected chi connectivity index (χ4v) is 2.97. The van der Waals surface area contributed by atoms with Gasteiger partial charge in [-0.1, -0.05) is 12.1 Å². The summed E-state index contributed by atoms with van der Waals surface area (Å²) in [6, 6.07) is 5.80. The van der Waals surface area contributed by atoms with E-state index in [9.17, 15) is 22.4 Å². The Labute approximate surface area is 138 Å². The van der Waals surface area contributed by atoms with Crippen molar-refractivity contribution in [3.63, 3.8) is 0 Å². The number of hydrogen-bond donors (Lipinski definition) is 0. The van der Waals surface area contributed by atoms with E-state index < -0.39 is 12.0 Å². The molecule has 9 heteroatoms. The topological polar surface area (TPSA) is 60.2 Å². The summed E-state index contributed by atoms with van der Waals surface area (Å²) < 4.78 is 52.1. The Bertz CT molecular complexity index is 978. The number of carbonyl (C=O) groups excluding carboxylic acids is 1. The molecule has 1 atom stereocenters. The zero-order chi connectivity index (χ0) is 17.8. The van der Waals surface area contributed by atoms with Crippen molar-refractivity contribution in [3.05, 3.63) is 58.9 Å². The van der Waals surface area contributed by atoms with Crippen LogP contribution in [-0.4, -0.2) is 25.4 Å². The maximum Gasteiger partial charge on any atom is 0.453 e. The Kier molecular flexibility index (Phi) is 3.34. The van der Waals surface area contributed by atoms with Crippen LogP contribution in [0.15, 0.2) is 30.5 Å². The zero-order valence-electron chi connectivity index (χ0n) is 12.6. The Hall–Kier alpha value is -2.84. The molecule has 1 aromatic carbocycles. The number of aromatic nitrogens is 4. The van der Waals surface area contributed by atoms with Gasteiger partial charge in [0.25, 0.3) is 11.6 Å². The first-order valence-corrected chi connectivity index (χ1v) is 7.43. The molecule has 5 nitrogen and oxygen atoms in total. The van der Waals surface area contributed by atoms with Crippen LogP contribution in [0, 0.1) is 5.82 Å². The van der Waals surface area contributed by atoms with Crippen LogP contribution in [0.25, 0.3) is 5.78 Å². The van der Waals surface area contributed by atoms with Gasteiger partial charge in [-0.25, -0.2) is 13.9 Å². The van der Waals surface area contributed by atoms with E-state index in [1.165, 1.54) is 18.3 Å². The number of Topliss-reactive ketones (excluding diaryl/α,β-unsaturated/α-hetero) is 1. The number of carbonyl (C=O) groups is 1. The average Bonchev–Trinajstić information content (AvgIpc) is 2.97. The molecule has 3 aromatic rings. The molecular weight excluding hydrogens is 340 g/mol. The van der Waals surface area contributed by atoms with Crippen molar-refractivity contribution < 1.29 is 22.4 Å². The highest BCUT2D eigenvalue weighted by atomic mass is 19.4. The van der Waals surface area contributed by atoms with Gasteiger partial charge in [-0.3, -0.25) is 4.79 Å². The van der Waals surface area contributed by atoms with Crippen molar-refractivity contribution in [1.82, 2.24) is 19.6 Å². The lowest BCUT2D eigenvalue weighted by Crippen LogP contribution is -2.21. The molecular formula is C16H10F4N4O. The number of alkyl halides is 3. The Morgan fingerprint density at radius 3 is 2.48 bits per heavy atom. The van der Waals surface area contributed by atoms with Crippen LogP contribution >= 0.6 is 0 Å². The number of benzene rings is 1. The number of fused-ring (bicyclic) bond motifs is 2. The molecule has 0 N–H and O–H groups in total. The van der Waals surface area contributed by atoms with Gasteiger partial charge in [0.1, 0.15) is 5.82 Å². The SMILES string of the molecule is O=C1C[C@@H](c2ccc(F)cc2)Cc2nc3nc(C(F)(F)F)nn3cc21. The molecule has 0 radical (unpaired) electrons. The van der Waals surface area contributed by atoms with Crippen molar-refractivity contribution in [3.8, 4) is 0 Å². The normalized spacial score (nSPS) is 17.8. The van der Waals surface area contributed by atoms with E-state index in [1.54, 1.807) is 12.1 Å². The predicted octanol–water partition coefficient (Wildman–Crippen LogP) is 3.19. The highest BCUT2D eigenvalue weighted by Crippen LogP contribution is 2.32. The molecule has 0 aliphatic heterocycles. The van der Waals surface area contributed by atoms with Crippen LogP contribution in [0.4, 0.5) is 17.6 Å². The average molecular weight is 350 g/mol. The van der Waals surface area contributed by atoms with Gasteiger partial charge < -0.3 is 0 Å². The second kappa shape index (κ2) is 5.33. The van der Waals surface area contributed by atoms with Crippen LogP contribution in [0.3, 0.4) is 0 Å². The maximum atomic E-state index is 13.1. The van der Waals surface area contributed by atoms with Crippen molar-refractivity contribution >= 4 is 11.6 Å². The smallest absolute Gasteiger partial charge is 0.294 e. The first-order chi connectivity index (χ1) is 11.8. The van der Waals surface area contributed by atoms with Crippen LogP contribution < -0.4 is 0 Å². The monoisotopic (exact) mass is 350 g/mol. The molecule has 0 amide bonds. The molecule has 0 spiro atoms. The van der Waals surface area contributed by atoms with Gasteiger partial charge in [0.15, 0.2) is 5.78 Å². The predicted molar refractivity (Wildman–Crippen MR) is 77.6 cm³/mol. The number of nitrogens with zero attached hydrogens (tertiary/aromatic N) is 4. The lowest BCUT2D eigenvalue weighted by atomic mass is 9.82. The van der Waals surface area contributed by atoms with Crippen molar-refractivity contribution in [1.29, 1.82) is 0 Å². The van der Waals surface area contributed by atoms with E-state index in [1.807, 2.05) is 0 Å². The van der Waals surface area contributed by atoms with E-state index in [0.29, 0.717) is 12.1 Å². The van der Waals surface area contributed by atoms with Crippen LogP contribution in [0.5, 0.6) is 0 Å². The van der Waals surface area contributed by atoms with Gasteiger partial charge in [0.05, 0.1) is 11.3 Å². The lowest BCUT2D eigenvalue weighted by molar-refractivity contribution is -0.144. The van der Waals surface area contributed by atoms with E-state index in [-0.39, 0.29) is 35.3 Å². The molecule has 4 rings (SSSR count). The summed E-state index contributed by atoms with van der Waals surface area (Å²) in [6.45, 7) is 0. The summed E-state index contributed by atoms with van der Waals surface area (Å²) in [5.41, 5.74) is 1.39. The summed E-state index contributed by atoms with van der Waals surface area (Å²) >= 11 is 0. The third-order valence-electron chi connectivity index (χ3n) is 4.18. The van der Waals surface area contributed by atoms with Gasteiger partial charge in [-0.2, -0.15) is 18.2 Å². The molecule has 1 aliphatic carbocycles. The summed E-state index contributed by atoms with van der Waals surface area (Å²) in [4.78, 5) is 19.9. The van der Waals surface area contributed by atoms with Crippen LogP contribution in [-0.2, 0) is 12.6 Å². The molecule has 0 fully saturated rings. The molecule has 2 heterocycles. The molecule has 0 saturated carbocycles. The third kappa shape index (κ3) is 2.75. The summed E-state index contributed by atoms with van der Waals surface area (Å²) in [5, 5.41) is 3.34. The highest BCUT2D eigenvalue weighted by Gasteiger charge is 2.37. The zero-order valence-corrected chi connectivity index (χ0v) is 12.6. The Balaban J connectivity index is 1.75. The minimum Gasteiger partial charge on any atom is -0.294 e. The summed E-state index contributed by atoms with van der Waals surface area (Å²) in [6.07, 6.45) is -2.91. The summed E-state index contributed by atoms with van der Waals surface area (Å²) in [5.74, 6) is -2.34. The Morgan fingerprint density at radius 2 is 1.80 bits per heavy atom. The van der Waals surface area contributed by atoms with Crippen LogP contribution in [0.2, 0.25) is 0 Å². The van der Waals surface area contributed by atoms with Gasteiger partial charge in [-0.05, 0) is 30.0 Å². The largest absolute Gasteiger partial charge is 0.453 e.